The quantitative estimate of drug-likeness (QED) is 0.652. The third-order valence-electron chi connectivity index (χ3n) is 2.99. The topological polar surface area (TPSA) is 66.8 Å². The number of methoxy groups -OCH3 is 1. The van der Waals surface area contributed by atoms with E-state index in [4.69, 9.17) is 9.84 Å². The Morgan fingerprint density at radius 1 is 1.41 bits per heavy atom. The smallest absolute Gasteiger partial charge is 0.326 e. The van der Waals surface area contributed by atoms with E-state index >= 15 is 0 Å². The highest BCUT2D eigenvalue weighted by Gasteiger charge is 2.37. The van der Waals surface area contributed by atoms with Crippen LogP contribution in [0.3, 0.4) is 0 Å². The maximum Gasteiger partial charge on any atom is 0.326 e. The Kier molecular flexibility index (Phi) is 5.41. The van der Waals surface area contributed by atoms with Gasteiger partial charge in [0.1, 0.15) is 6.04 Å². The van der Waals surface area contributed by atoms with Crippen LogP contribution in [0.2, 0.25) is 0 Å². The molecule has 1 aliphatic rings. The number of nitrogens with zero attached hydrogens (tertiary/aromatic N) is 1. The van der Waals surface area contributed by atoms with Crippen LogP contribution in [0.5, 0.6) is 0 Å². The van der Waals surface area contributed by atoms with Crippen LogP contribution in [0.4, 0.5) is 0 Å². The molecule has 0 aromatic rings. The molecule has 0 saturated heterocycles. The average Bonchev–Trinajstić information content (AvgIpc) is 3.09. The number of hydrogen-bond donors (Lipinski definition) is 1. The Morgan fingerprint density at radius 2 is 2.06 bits per heavy atom. The number of ether oxygens (including phenoxy) is 1. The number of hydrogen-bond acceptors (Lipinski definition) is 3. The molecule has 1 rings (SSSR count). The summed E-state index contributed by atoms with van der Waals surface area (Å²) in [4.78, 5) is 24.4. The lowest BCUT2D eigenvalue weighted by molar-refractivity contribution is -0.150. The molecule has 1 aliphatic carbocycles. The third-order valence-corrected chi connectivity index (χ3v) is 2.99. The number of carbonyl (C=O) groups is 2. The fourth-order valence-corrected chi connectivity index (χ4v) is 1.86. The molecule has 1 N–H and O–H groups in total. The fraction of sp³-hybridized carbons (Fsp3) is 0.833. The second kappa shape index (κ2) is 6.59. The molecule has 0 aliphatic heterocycles. The van der Waals surface area contributed by atoms with E-state index in [1.54, 1.807) is 14.0 Å². The van der Waals surface area contributed by atoms with Crippen molar-refractivity contribution in [3.05, 3.63) is 0 Å². The normalized spacial score (nSPS) is 16.6. The molecule has 1 amide bonds. The molecular formula is C12H21NO4. The first-order chi connectivity index (χ1) is 8.07. The summed E-state index contributed by atoms with van der Waals surface area (Å²) >= 11 is 0. The summed E-state index contributed by atoms with van der Waals surface area (Å²) < 4.78 is 4.91. The summed E-state index contributed by atoms with van der Waals surface area (Å²) in [5, 5.41) is 8.97. The van der Waals surface area contributed by atoms with E-state index < -0.39 is 12.0 Å². The monoisotopic (exact) mass is 243 g/mol. The second-order valence-electron chi connectivity index (χ2n) is 4.50. The summed E-state index contributed by atoms with van der Waals surface area (Å²) in [6, 6.07) is -0.562. The number of carboxylic acid groups (broad SMARTS) is 1. The van der Waals surface area contributed by atoms with E-state index in [1.165, 1.54) is 4.90 Å². The Bertz CT molecular complexity index is 276. The molecule has 0 radical (unpaired) electrons. The van der Waals surface area contributed by atoms with E-state index in [9.17, 15) is 9.59 Å². The molecule has 1 fully saturated rings. The van der Waals surface area contributed by atoms with Gasteiger partial charge in [0, 0.05) is 26.2 Å². The van der Waals surface area contributed by atoms with E-state index in [1.807, 2.05) is 0 Å². The molecule has 1 saturated carbocycles. The lowest BCUT2D eigenvalue weighted by Crippen LogP contribution is -2.44. The standard InChI is InChI=1S/C12H21NO4/c1-9(12(15)16)13(10-6-7-10)11(14)5-3-4-8-17-2/h9-10H,3-8H2,1-2H3,(H,15,16). The summed E-state index contributed by atoms with van der Waals surface area (Å²) in [6.07, 6.45) is 3.87. The van der Waals surface area contributed by atoms with Gasteiger partial charge in [-0.05, 0) is 32.6 Å². The van der Waals surface area contributed by atoms with Gasteiger partial charge in [-0.1, -0.05) is 0 Å². The summed E-state index contributed by atoms with van der Waals surface area (Å²) in [5.41, 5.74) is 0. The highest BCUT2D eigenvalue weighted by molar-refractivity contribution is 5.83. The van der Waals surface area contributed by atoms with Crippen molar-refractivity contribution in [1.82, 2.24) is 4.90 Å². The predicted octanol–water partition coefficient (Wildman–Crippen LogP) is 1.27. The van der Waals surface area contributed by atoms with Crippen molar-refractivity contribution in [2.45, 2.75) is 51.1 Å². The number of aliphatic carboxylic acids is 1. The van der Waals surface area contributed by atoms with Crippen LogP contribution < -0.4 is 0 Å². The Labute approximate surface area is 102 Å². The predicted molar refractivity (Wildman–Crippen MR) is 62.7 cm³/mol. The number of unbranched alkanes of at least 4 members (excludes halogenated alkanes) is 1. The average molecular weight is 243 g/mol. The van der Waals surface area contributed by atoms with Gasteiger partial charge < -0.3 is 14.7 Å². The van der Waals surface area contributed by atoms with Gasteiger partial charge in [-0.2, -0.15) is 0 Å². The van der Waals surface area contributed by atoms with Crippen molar-refractivity contribution < 1.29 is 19.4 Å². The maximum atomic E-state index is 12.0. The minimum absolute atomic E-state index is 0.0431. The molecular weight excluding hydrogens is 222 g/mol. The lowest BCUT2D eigenvalue weighted by Gasteiger charge is -2.26. The van der Waals surface area contributed by atoms with Crippen LogP contribution in [-0.2, 0) is 14.3 Å². The zero-order chi connectivity index (χ0) is 12.8. The van der Waals surface area contributed by atoms with Crippen molar-refractivity contribution in [2.75, 3.05) is 13.7 Å². The molecule has 0 aromatic heterocycles. The molecule has 1 atom stereocenters. The third kappa shape index (κ3) is 4.34. The zero-order valence-corrected chi connectivity index (χ0v) is 10.5. The van der Waals surface area contributed by atoms with Gasteiger partial charge in [-0.3, -0.25) is 4.79 Å². The zero-order valence-electron chi connectivity index (χ0n) is 10.5. The largest absolute Gasteiger partial charge is 0.480 e. The number of carboxylic acids is 1. The SMILES string of the molecule is COCCCCC(=O)N(C1CC1)C(C)C(=O)O. The van der Waals surface area contributed by atoms with Crippen molar-refractivity contribution in [1.29, 1.82) is 0 Å². The summed E-state index contributed by atoms with van der Waals surface area (Å²) in [5.74, 6) is -0.972. The first-order valence-electron chi connectivity index (χ1n) is 6.10. The van der Waals surface area contributed by atoms with Gasteiger partial charge in [0.05, 0.1) is 0 Å². The van der Waals surface area contributed by atoms with Crippen molar-refractivity contribution in [2.24, 2.45) is 0 Å². The van der Waals surface area contributed by atoms with Gasteiger partial charge in [0.15, 0.2) is 0 Å². The van der Waals surface area contributed by atoms with Crippen molar-refractivity contribution in [3.8, 4) is 0 Å². The molecule has 1 unspecified atom stereocenters. The highest BCUT2D eigenvalue weighted by Crippen LogP contribution is 2.29. The minimum Gasteiger partial charge on any atom is -0.480 e. The van der Waals surface area contributed by atoms with Gasteiger partial charge in [0.2, 0.25) is 5.91 Å². The summed E-state index contributed by atoms with van der Waals surface area (Å²) in [7, 11) is 1.63. The number of amides is 1. The van der Waals surface area contributed by atoms with Crippen LogP contribution in [0.15, 0.2) is 0 Å². The van der Waals surface area contributed by atoms with Gasteiger partial charge >= 0.3 is 5.97 Å². The molecule has 0 spiro atoms. The Balaban J connectivity index is 2.41. The molecule has 17 heavy (non-hydrogen) atoms. The molecule has 5 heteroatoms. The fourth-order valence-electron chi connectivity index (χ4n) is 1.86. The van der Waals surface area contributed by atoms with Crippen LogP contribution in [0.25, 0.3) is 0 Å². The Hall–Kier alpha value is -1.10. The van der Waals surface area contributed by atoms with Gasteiger partial charge in [0.25, 0.3) is 0 Å². The lowest BCUT2D eigenvalue weighted by atomic mass is 10.2. The second-order valence-corrected chi connectivity index (χ2v) is 4.50. The van der Waals surface area contributed by atoms with Crippen LogP contribution in [0, 0.1) is 0 Å². The van der Waals surface area contributed by atoms with Gasteiger partial charge in [-0.25, -0.2) is 4.79 Å². The molecule has 0 bridgehead atoms. The van der Waals surface area contributed by atoms with E-state index in [0.29, 0.717) is 13.0 Å². The number of carbonyl (C=O) groups excluding carboxylic acids is 1. The molecule has 98 valence electrons. The maximum absolute atomic E-state index is 12.0. The van der Waals surface area contributed by atoms with E-state index in [0.717, 1.165) is 25.7 Å². The summed E-state index contributed by atoms with van der Waals surface area (Å²) in [6.45, 7) is 2.22. The molecule has 0 aromatic carbocycles. The highest BCUT2D eigenvalue weighted by atomic mass is 16.5. The van der Waals surface area contributed by atoms with Crippen molar-refractivity contribution >= 4 is 11.9 Å². The minimum atomic E-state index is -0.929. The van der Waals surface area contributed by atoms with Crippen molar-refractivity contribution in [3.63, 3.8) is 0 Å². The molecule has 5 nitrogen and oxygen atoms in total. The van der Waals surface area contributed by atoms with E-state index in [2.05, 4.69) is 0 Å². The van der Waals surface area contributed by atoms with Crippen LogP contribution in [0.1, 0.15) is 39.0 Å². The first-order valence-corrected chi connectivity index (χ1v) is 6.10. The Morgan fingerprint density at radius 3 is 2.53 bits per heavy atom. The van der Waals surface area contributed by atoms with Crippen LogP contribution in [-0.4, -0.2) is 47.7 Å². The van der Waals surface area contributed by atoms with E-state index in [-0.39, 0.29) is 11.9 Å². The van der Waals surface area contributed by atoms with Gasteiger partial charge in [-0.15, -0.1) is 0 Å². The molecule has 0 heterocycles. The number of rotatable bonds is 8. The first kappa shape index (κ1) is 14.0. The van der Waals surface area contributed by atoms with Crippen LogP contribution >= 0.6 is 0 Å².